The van der Waals surface area contributed by atoms with E-state index in [0.717, 1.165) is 5.56 Å². The molecule has 4 rings (SSSR count). The molecule has 0 bridgehead atoms. The first-order chi connectivity index (χ1) is 13.1. The molecule has 0 radical (unpaired) electrons. The van der Waals surface area contributed by atoms with E-state index in [1.54, 1.807) is 24.3 Å². The van der Waals surface area contributed by atoms with Crippen molar-refractivity contribution >= 4 is 38.8 Å². The maximum atomic E-state index is 11.8. The van der Waals surface area contributed by atoms with Crippen LogP contribution in [0.1, 0.15) is 11.6 Å². The molecule has 134 valence electrons. The van der Waals surface area contributed by atoms with Crippen LogP contribution in [0.2, 0.25) is 0 Å². The number of anilines is 1. The Balaban J connectivity index is 1.80. The zero-order valence-corrected chi connectivity index (χ0v) is 15.6. The zero-order valence-electron chi connectivity index (χ0n) is 14.0. The van der Waals surface area contributed by atoms with Crippen molar-refractivity contribution in [3.05, 3.63) is 77.0 Å². The highest BCUT2D eigenvalue weighted by Gasteiger charge is 2.24. The molecular weight excluding hydrogens is 410 g/mol. The quantitative estimate of drug-likeness (QED) is 0.474. The first kappa shape index (κ1) is 17.2. The monoisotopic (exact) mass is 423 g/mol. The smallest absolute Gasteiger partial charge is 0.330 e. The molecule has 6 nitrogen and oxygen atoms in total. The standard InChI is InChI=1S/C20H14BrN3O3/c21-15-14-18(24-16(20(25)26)12-7-3-1-4-8-12)22-11-23-19(14)27-17(15)13-9-5-2-6-10-13/h1-11,16H,(H,25,26)(H,22,23,24)/t16-/m0/s1. The van der Waals surface area contributed by atoms with Gasteiger partial charge >= 0.3 is 5.97 Å². The lowest BCUT2D eigenvalue weighted by Crippen LogP contribution is -2.21. The number of carboxylic acids is 1. The van der Waals surface area contributed by atoms with E-state index in [2.05, 4.69) is 31.2 Å². The molecule has 27 heavy (non-hydrogen) atoms. The summed E-state index contributed by atoms with van der Waals surface area (Å²) in [5, 5.41) is 13.3. The van der Waals surface area contributed by atoms with E-state index in [0.29, 0.717) is 32.7 Å². The van der Waals surface area contributed by atoms with Crippen LogP contribution in [0.15, 0.2) is 75.9 Å². The van der Waals surface area contributed by atoms with Crippen molar-refractivity contribution in [2.45, 2.75) is 6.04 Å². The van der Waals surface area contributed by atoms with Crippen LogP contribution < -0.4 is 5.32 Å². The fraction of sp³-hybridized carbons (Fsp3) is 0.0500. The number of nitrogens with zero attached hydrogens (tertiary/aromatic N) is 2. The molecule has 2 aromatic carbocycles. The summed E-state index contributed by atoms with van der Waals surface area (Å²) >= 11 is 3.56. The third-order valence-electron chi connectivity index (χ3n) is 4.13. The number of aliphatic carboxylic acids is 1. The molecule has 0 saturated carbocycles. The second kappa shape index (κ2) is 7.20. The summed E-state index contributed by atoms with van der Waals surface area (Å²) in [6, 6.07) is 17.6. The number of rotatable bonds is 5. The Hall–Kier alpha value is -3.19. The minimum absolute atomic E-state index is 0.371. The molecule has 2 N–H and O–H groups in total. The minimum Gasteiger partial charge on any atom is -0.479 e. The van der Waals surface area contributed by atoms with Crippen molar-refractivity contribution < 1.29 is 14.3 Å². The number of benzene rings is 2. The first-order valence-electron chi connectivity index (χ1n) is 8.18. The van der Waals surface area contributed by atoms with Gasteiger partial charge < -0.3 is 14.8 Å². The van der Waals surface area contributed by atoms with Crippen LogP contribution in [0.25, 0.3) is 22.4 Å². The van der Waals surface area contributed by atoms with Gasteiger partial charge in [0.1, 0.15) is 12.1 Å². The van der Waals surface area contributed by atoms with Crippen molar-refractivity contribution in [3.8, 4) is 11.3 Å². The third-order valence-corrected chi connectivity index (χ3v) is 4.88. The zero-order chi connectivity index (χ0) is 18.8. The average molecular weight is 424 g/mol. The van der Waals surface area contributed by atoms with Gasteiger partial charge in [0.2, 0.25) is 5.71 Å². The Morgan fingerprint density at radius 3 is 2.37 bits per heavy atom. The highest BCUT2D eigenvalue weighted by Crippen LogP contribution is 2.40. The molecular formula is C20H14BrN3O3. The van der Waals surface area contributed by atoms with Crippen molar-refractivity contribution in [3.63, 3.8) is 0 Å². The van der Waals surface area contributed by atoms with Gasteiger partial charge in [-0.2, -0.15) is 0 Å². The molecule has 1 atom stereocenters. The van der Waals surface area contributed by atoms with Crippen molar-refractivity contribution in [2.75, 3.05) is 5.32 Å². The van der Waals surface area contributed by atoms with E-state index in [9.17, 15) is 9.90 Å². The Kier molecular flexibility index (Phi) is 4.60. The average Bonchev–Trinajstić information content (AvgIpc) is 3.04. The van der Waals surface area contributed by atoms with Gasteiger partial charge in [0.25, 0.3) is 0 Å². The minimum atomic E-state index is -1.00. The topological polar surface area (TPSA) is 88.2 Å². The molecule has 2 heterocycles. The van der Waals surface area contributed by atoms with Crippen molar-refractivity contribution in [2.24, 2.45) is 0 Å². The second-order valence-corrected chi connectivity index (χ2v) is 6.63. The number of aromatic nitrogens is 2. The Morgan fingerprint density at radius 1 is 1.04 bits per heavy atom. The summed E-state index contributed by atoms with van der Waals surface area (Å²) in [6.45, 7) is 0. The molecule has 0 aliphatic heterocycles. The predicted octanol–water partition coefficient (Wildman–Crippen LogP) is 4.89. The van der Waals surface area contributed by atoms with Crippen LogP contribution in [0.3, 0.4) is 0 Å². The van der Waals surface area contributed by atoms with Crippen LogP contribution in [0, 0.1) is 0 Å². The lowest BCUT2D eigenvalue weighted by molar-refractivity contribution is -0.138. The van der Waals surface area contributed by atoms with Gasteiger partial charge in [0.15, 0.2) is 11.8 Å². The fourth-order valence-corrected chi connectivity index (χ4v) is 3.52. The SMILES string of the molecule is O=C(O)[C@@H](Nc1ncnc2oc(-c3ccccc3)c(Br)c12)c1ccccc1. The number of carboxylic acid groups (broad SMARTS) is 1. The van der Waals surface area contributed by atoms with Gasteiger partial charge in [-0.05, 0) is 21.5 Å². The summed E-state index contributed by atoms with van der Waals surface area (Å²) in [4.78, 5) is 20.2. The number of halogens is 1. The van der Waals surface area contributed by atoms with Gasteiger partial charge in [-0.1, -0.05) is 60.7 Å². The summed E-state index contributed by atoms with van der Waals surface area (Å²) in [5.74, 6) is -0.00865. The molecule has 0 amide bonds. The largest absolute Gasteiger partial charge is 0.479 e. The summed E-state index contributed by atoms with van der Waals surface area (Å²) in [6.07, 6.45) is 1.35. The van der Waals surface area contributed by atoms with E-state index in [1.807, 2.05) is 36.4 Å². The lowest BCUT2D eigenvalue weighted by Gasteiger charge is -2.15. The summed E-state index contributed by atoms with van der Waals surface area (Å²) in [7, 11) is 0. The molecule has 0 saturated heterocycles. The molecule has 4 aromatic rings. The van der Waals surface area contributed by atoms with Crippen molar-refractivity contribution in [1.82, 2.24) is 9.97 Å². The Morgan fingerprint density at radius 2 is 1.70 bits per heavy atom. The second-order valence-electron chi connectivity index (χ2n) is 5.84. The maximum absolute atomic E-state index is 11.8. The molecule has 0 aliphatic rings. The number of furan rings is 1. The number of fused-ring (bicyclic) bond motifs is 1. The van der Waals surface area contributed by atoms with E-state index < -0.39 is 12.0 Å². The normalized spacial score (nSPS) is 12.0. The van der Waals surface area contributed by atoms with E-state index in [1.165, 1.54) is 6.33 Å². The lowest BCUT2D eigenvalue weighted by atomic mass is 10.1. The fourth-order valence-electron chi connectivity index (χ4n) is 2.85. The van der Waals surface area contributed by atoms with Crippen LogP contribution in [-0.4, -0.2) is 21.0 Å². The van der Waals surface area contributed by atoms with Gasteiger partial charge in [-0.3, -0.25) is 0 Å². The number of hydrogen-bond acceptors (Lipinski definition) is 5. The molecule has 0 fully saturated rings. The molecule has 0 aliphatic carbocycles. The molecule has 0 spiro atoms. The first-order valence-corrected chi connectivity index (χ1v) is 8.97. The molecule has 7 heteroatoms. The van der Waals surface area contributed by atoms with Crippen molar-refractivity contribution in [1.29, 1.82) is 0 Å². The number of nitrogens with one attached hydrogen (secondary N) is 1. The van der Waals surface area contributed by atoms with Crippen LogP contribution in [0.5, 0.6) is 0 Å². The highest BCUT2D eigenvalue weighted by atomic mass is 79.9. The predicted molar refractivity (Wildman–Crippen MR) is 105 cm³/mol. The third kappa shape index (κ3) is 3.29. The van der Waals surface area contributed by atoms with E-state index in [-0.39, 0.29) is 0 Å². The summed E-state index contributed by atoms with van der Waals surface area (Å²) < 4.78 is 6.56. The molecule has 2 aromatic heterocycles. The van der Waals surface area contributed by atoms with E-state index >= 15 is 0 Å². The molecule has 0 unspecified atom stereocenters. The highest BCUT2D eigenvalue weighted by molar-refractivity contribution is 9.10. The summed E-state index contributed by atoms with van der Waals surface area (Å²) in [5.41, 5.74) is 1.88. The van der Waals surface area contributed by atoms with Crippen LogP contribution in [-0.2, 0) is 4.79 Å². The van der Waals surface area contributed by atoms with Crippen LogP contribution >= 0.6 is 15.9 Å². The Bertz CT molecular complexity index is 1100. The van der Waals surface area contributed by atoms with Gasteiger partial charge in [0, 0.05) is 5.56 Å². The Labute approximate surface area is 163 Å². The van der Waals surface area contributed by atoms with Gasteiger partial charge in [-0.25, -0.2) is 14.8 Å². The van der Waals surface area contributed by atoms with Gasteiger partial charge in [0.05, 0.1) is 9.86 Å². The number of hydrogen-bond donors (Lipinski definition) is 2. The van der Waals surface area contributed by atoms with E-state index in [4.69, 9.17) is 4.42 Å². The van der Waals surface area contributed by atoms with Crippen LogP contribution in [0.4, 0.5) is 5.82 Å². The maximum Gasteiger partial charge on any atom is 0.330 e. The van der Waals surface area contributed by atoms with Gasteiger partial charge in [-0.15, -0.1) is 0 Å². The number of carbonyl (C=O) groups is 1.